The molecule has 1 nitrogen and oxygen atoms in total. The molecule has 1 saturated carbocycles. The quantitative estimate of drug-likeness (QED) is 0.664. The highest BCUT2D eigenvalue weighted by molar-refractivity contribution is 4.87. The maximum atomic E-state index is 3.26. The summed E-state index contributed by atoms with van der Waals surface area (Å²) in [4.78, 5) is 0. The molecule has 68 valence electrons. The molecular weight excluding hydrogens is 134 g/mol. The molecule has 0 saturated heterocycles. The summed E-state index contributed by atoms with van der Waals surface area (Å²) < 4.78 is 0. The Balaban J connectivity index is 0.000000461. The fourth-order valence-corrected chi connectivity index (χ4v) is 1.71. The average Bonchev–Trinajstić information content (AvgIpc) is 2.01. The molecule has 0 heterocycles. The molecule has 0 spiro atoms. The molecule has 0 aromatic carbocycles. The Hall–Kier alpha value is -0.0400. The van der Waals surface area contributed by atoms with Gasteiger partial charge in [0.05, 0.1) is 0 Å². The summed E-state index contributed by atoms with van der Waals surface area (Å²) in [7, 11) is 2.05. The van der Waals surface area contributed by atoms with Crippen LogP contribution < -0.4 is 5.32 Å². The van der Waals surface area contributed by atoms with Crippen LogP contribution in [-0.2, 0) is 0 Å². The second kappa shape index (κ2) is 5.59. The normalized spacial score (nSPS) is 19.6. The van der Waals surface area contributed by atoms with E-state index in [1.165, 1.54) is 32.2 Å². The van der Waals surface area contributed by atoms with Gasteiger partial charge in [-0.05, 0) is 31.7 Å². The van der Waals surface area contributed by atoms with Crippen molar-refractivity contribution in [2.75, 3.05) is 13.6 Å². The molecular formula is C10H23N. The third kappa shape index (κ3) is 2.82. The van der Waals surface area contributed by atoms with Crippen molar-refractivity contribution in [1.82, 2.24) is 5.32 Å². The van der Waals surface area contributed by atoms with Crippen LogP contribution in [0.5, 0.6) is 0 Å². The van der Waals surface area contributed by atoms with E-state index in [2.05, 4.69) is 19.3 Å². The van der Waals surface area contributed by atoms with Gasteiger partial charge in [-0.1, -0.05) is 27.2 Å². The number of hydrogen-bond acceptors (Lipinski definition) is 1. The van der Waals surface area contributed by atoms with Crippen molar-refractivity contribution in [3.63, 3.8) is 0 Å². The van der Waals surface area contributed by atoms with Gasteiger partial charge < -0.3 is 5.32 Å². The monoisotopic (exact) mass is 157 g/mol. The highest BCUT2D eigenvalue weighted by Crippen LogP contribution is 2.42. The van der Waals surface area contributed by atoms with Crippen LogP contribution in [0.25, 0.3) is 0 Å². The Morgan fingerprint density at radius 2 is 1.82 bits per heavy atom. The summed E-state index contributed by atoms with van der Waals surface area (Å²) in [5, 5.41) is 3.26. The third-order valence-corrected chi connectivity index (χ3v) is 2.72. The lowest BCUT2D eigenvalue weighted by Crippen LogP contribution is -2.37. The molecule has 0 radical (unpaired) electrons. The predicted octanol–water partition coefficient (Wildman–Crippen LogP) is 2.81. The third-order valence-electron chi connectivity index (χ3n) is 2.72. The molecule has 0 atom stereocenters. The molecule has 0 bridgehead atoms. The van der Waals surface area contributed by atoms with Gasteiger partial charge in [0.1, 0.15) is 0 Å². The zero-order valence-corrected chi connectivity index (χ0v) is 8.54. The van der Waals surface area contributed by atoms with Gasteiger partial charge in [-0.3, -0.25) is 0 Å². The minimum Gasteiger partial charge on any atom is -0.319 e. The van der Waals surface area contributed by atoms with E-state index in [9.17, 15) is 0 Å². The van der Waals surface area contributed by atoms with Gasteiger partial charge in [-0.25, -0.2) is 0 Å². The first-order valence-corrected chi connectivity index (χ1v) is 4.97. The minimum atomic E-state index is 0.703. The number of rotatable bonds is 3. The lowest BCUT2D eigenvalue weighted by Gasteiger charge is -2.41. The Labute approximate surface area is 71.6 Å². The van der Waals surface area contributed by atoms with Crippen LogP contribution in [0.2, 0.25) is 0 Å². The zero-order chi connectivity index (χ0) is 8.74. The highest BCUT2D eigenvalue weighted by Gasteiger charge is 2.33. The summed E-state index contributed by atoms with van der Waals surface area (Å²) in [5.74, 6) is 0. The van der Waals surface area contributed by atoms with E-state index in [4.69, 9.17) is 0 Å². The fourth-order valence-electron chi connectivity index (χ4n) is 1.71. The Bertz CT molecular complexity index is 79.4. The van der Waals surface area contributed by atoms with E-state index in [0.29, 0.717) is 5.41 Å². The fraction of sp³-hybridized carbons (Fsp3) is 1.00. The van der Waals surface area contributed by atoms with Crippen LogP contribution >= 0.6 is 0 Å². The van der Waals surface area contributed by atoms with Crippen molar-refractivity contribution in [2.24, 2.45) is 5.41 Å². The predicted molar refractivity (Wildman–Crippen MR) is 51.8 cm³/mol. The van der Waals surface area contributed by atoms with Crippen LogP contribution in [0.3, 0.4) is 0 Å². The van der Waals surface area contributed by atoms with Gasteiger partial charge in [0.15, 0.2) is 0 Å². The Morgan fingerprint density at radius 1 is 1.27 bits per heavy atom. The van der Waals surface area contributed by atoms with Gasteiger partial charge in [0, 0.05) is 6.54 Å². The van der Waals surface area contributed by atoms with Crippen molar-refractivity contribution in [3.05, 3.63) is 0 Å². The first-order chi connectivity index (χ1) is 5.33. The van der Waals surface area contributed by atoms with Crippen molar-refractivity contribution in [2.45, 2.75) is 46.5 Å². The lowest BCUT2D eigenvalue weighted by molar-refractivity contribution is 0.127. The summed E-state index contributed by atoms with van der Waals surface area (Å²) >= 11 is 0. The van der Waals surface area contributed by atoms with E-state index in [-0.39, 0.29) is 0 Å². The van der Waals surface area contributed by atoms with Gasteiger partial charge in [0.2, 0.25) is 0 Å². The molecule has 1 fully saturated rings. The van der Waals surface area contributed by atoms with Crippen LogP contribution in [-0.4, -0.2) is 13.6 Å². The molecule has 1 aliphatic carbocycles. The maximum absolute atomic E-state index is 3.26. The second-order valence-electron chi connectivity index (χ2n) is 3.24. The van der Waals surface area contributed by atoms with E-state index in [1.807, 2.05) is 13.8 Å². The lowest BCUT2D eigenvalue weighted by atomic mass is 9.67. The van der Waals surface area contributed by atoms with Crippen molar-refractivity contribution < 1.29 is 0 Å². The largest absolute Gasteiger partial charge is 0.319 e. The minimum absolute atomic E-state index is 0.703. The molecule has 0 aromatic heterocycles. The summed E-state index contributed by atoms with van der Waals surface area (Å²) in [6.07, 6.45) is 5.71. The molecule has 11 heavy (non-hydrogen) atoms. The van der Waals surface area contributed by atoms with Gasteiger partial charge in [-0.15, -0.1) is 0 Å². The topological polar surface area (TPSA) is 12.0 Å². The Kier molecular flexibility index (Phi) is 5.57. The van der Waals surface area contributed by atoms with E-state index in [0.717, 1.165) is 0 Å². The smallest absolute Gasteiger partial charge is 0.000470 e. The van der Waals surface area contributed by atoms with Gasteiger partial charge in [0.25, 0.3) is 0 Å². The zero-order valence-electron chi connectivity index (χ0n) is 8.54. The van der Waals surface area contributed by atoms with Gasteiger partial charge in [-0.2, -0.15) is 0 Å². The molecule has 0 unspecified atom stereocenters. The Morgan fingerprint density at radius 3 is 1.91 bits per heavy atom. The first kappa shape index (κ1) is 11.0. The van der Waals surface area contributed by atoms with Gasteiger partial charge >= 0.3 is 0 Å². The van der Waals surface area contributed by atoms with Crippen LogP contribution in [0, 0.1) is 5.41 Å². The maximum Gasteiger partial charge on any atom is 0.000470 e. The first-order valence-electron chi connectivity index (χ1n) is 4.97. The summed E-state index contributed by atoms with van der Waals surface area (Å²) in [6.45, 7) is 7.53. The van der Waals surface area contributed by atoms with E-state index < -0.39 is 0 Å². The van der Waals surface area contributed by atoms with Crippen molar-refractivity contribution in [1.29, 1.82) is 0 Å². The molecule has 1 rings (SSSR count). The van der Waals surface area contributed by atoms with E-state index in [1.54, 1.807) is 0 Å². The standard InChI is InChI=1S/C8H17N.C2H6/c1-3-8(7-9-2)5-4-6-8;1-2/h9H,3-7H2,1-2H3;1-2H3. The molecule has 0 aromatic rings. The second-order valence-corrected chi connectivity index (χ2v) is 3.24. The highest BCUT2D eigenvalue weighted by atomic mass is 14.8. The molecule has 1 heteroatoms. The molecule has 1 aliphatic rings. The van der Waals surface area contributed by atoms with E-state index >= 15 is 0 Å². The summed E-state index contributed by atoms with van der Waals surface area (Å²) in [5.41, 5.74) is 0.703. The van der Waals surface area contributed by atoms with Crippen molar-refractivity contribution in [3.8, 4) is 0 Å². The van der Waals surface area contributed by atoms with Crippen LogP contribution in [0.1, 0.15) is 46.5 Å². The summed E-state index contributed by atoms with van der Waals surface area (Å²) in [6, 6.07) is 0. The molecule has 0 aliphatic heterocycles. The SMILES string of the molecule is CC.CCC1(CNC)CCC1. The average molecular weight is 157 g/mol. The van der Waals surface area contributed by atoms with Crippen molar-refractivity contribution >= 4 is 0 Å². The number of nitrogens with one attached hydrogen (secondary N) is 1. The van der Waals surface area contributed by atoms with Crippen LogP contribution in [0.4, 0.5) is 0 Å². The van der Waals surface area contributed by atoms with Crippen LogP contribution in [0.15, 0.2) is 0 Å². The molecule has 1 N–H and O–H groups in total. The number of hydrogen-bond donors (Lipinski definition) is 1. The molecule has 0 amide bonds.